The lowest BCUT2D eigenvalue weighted by molar-refractivity contribution is -0.103. The highest BCUT2D eigenvalue weighted by molar-refractivity contribution is 5.73. The quantitative estimate of drug-likeness (QED) is 0.448. The van der Waals surface area contributed by atoms with E-state index in [4.69, 9.17) is 0 Å². The fraction of sp³-hybridized carbons (Fsp3) is 0. The summed E-state index contributed by atoms with van der Waals surface area (Å²) in [5, 5.41) is 0. The molecule has 0 fully saturated rings. The van der Waals surface area contributed by atoms with Crippen molar-refractivity contribution in [1.82, 2.24) is 0 Å². The van der Waals surface area contributed by atoms with Gasteiger partial charge in [0, 0.05) is 0 Å². The van der Waals surface area contributed by atoms with Crippen LogP contribution in [-0.2, 0) is 4.79 Å². The maximum Gasteiger partial charge on any atom is 0.193 e. The summed E-state index contributed by atoms with van der Waals surface area (Å²) >= 11 is 0. The molecule has 0 radical (unpaired) electrons. The SMILES string of the molecule is O=CC#C/C=C/c1ccccc1. The van der Waals surface area contributed by atoms with Gasteiger partial charge in [0.15, 0.2) is 6.29 Å². The zero-order valence-electron chi connectivity index (χ0n) is 6.53. The van der Waals surface area contributed by atoms with Crippen LogP contribution < -0.4 is 0 Å². The molecule has 1 aromatic rings. The number of carbonyl (C=O) groups is 1. The van der Waals surface area contributed by atoms with E-state index in [1.807, 2.05) is 36.4 Å². The highest BCUT2D eigenvalue weighted by Gasteiger charge is 1.78. The Morgan fingerprint density at radius 3 is 2.50 bits per heavy atom. The Kier molecular flexibility index (Phi) is 3.40. The summed E-state index contributed by atoms with van der Waals surface area (Å²) in [4.78, 5) is 9.81. The van der Waals surface area contributed by atoms with Gasteiger partial charge in [-0.15, -0.1) is 0 Å². The monoisotopic (exact) mass is 156 g/mol. The standard InChI is InChI=1S/C11H8O/c12-10-6-2-5-9-11-7-3-1-4-8-11/h1,3-5,7-10H/b9-5+. The molecule has 0 N–H and O–H groups in total. The van der Waals surface area contributed by atoms with Crippen LogP contribution in [0.2, 0.25) is 0 Å². The van der Waals surface area contributed by atoms with Crippen LogP contribution in [0.3, 0.4) is 0 Å². The Bertz CT molecular complexity index is 325. The zero-order valence-corrected chi connectivity index (χ0v) is 6.53. The lowest BCUT2D eigenvalue weighted by Gasteiger charge is -1.86. The first kappa shape index (κ1) is 8.29. The van der Waals surface area contributed by atoms with E-state index in [1.165, 1.54) is 0 Å². The Balaban J connectivity index is 2.64. The lowest BCUT2D eigenvalue weighted by atomic mass is 10.2. The van der Waals surface area contributed by atoms with Crippen LogP contribution in [0, 0.1) is 11.8 Å². The molecule has 0 saturated carbocycles. The van der Waals surface area contributed by atoms with Crippen molar-refractivity contribution in [1.29, 1.82) is 0 Å². The Hall–Kier alpha value is -1.81. The normalized spacial score (nSPS) is 9.00. The van der Waals surface area contributed by atoms with Crippen LogP contribution >= 0.6 is 0 Å². The van der Waals surface area contributed by atoms with Gasteiger partial charge in [-0.2, -0.15) is 0 Å². The molecule has 0 aliphatic carbocycles. The molecule has 12 heavy (non-hydrogen) atoms. The minimum atomic E-state index is 0.579. The van der Waals surface area contributed by atoms with Crippen molar-refractivity contribution in [3.63, 3.8) is 0 Å². The first-order chi connectivity index (χ1) is 5.93. The topological polar surface area (TPSA) is 17.1 Å². The van der Waals surface area contributed by atoms with Gasteiger partial charge in [-0.05, 0) is 23.6 Å². The molecule has 0 bridgehead atoms. The molecule has 0 aliphatic heterocycles. The molecule has 0 spiro atoms. The molecule has 58 valence electrons. The van der Waals surface area contributed by atoms with Crippen molar-refractivity contribution in [2.45, 2.75) is 0 Å². The first-order valence-electron chi connectivity index (χ1n) is 3.60. The number of rotatable bonds is 1. The second-order valence-corrected chi connectivity index (χ2v) is 2.15. The summed E-state index contributed by atoms with van der Waals surface area (Å²) in [6, 6.07) is 9.80. The van der Waals surface area contributed by atoms with Crippen LogP contribution in [0.15, 0.2) is 36.4 Å². The van der Waals surface area contributed by atoms with Gasteiger partial charge in [0.2, 0.25) is 0 Å². The molecule has 1 rings (SSSR count). The molecule has 0 heterocycles. The number of carbonyl (C=O) groups excluding carboxylic acids is 1. The van der Waals surface area contributed by atoms with Gasteiger partial charge >= 0.3 is 0 Å². The van der Waals surface area contributed by atoms with E-state index in [0.29, 0.717) is 6.29 Å². The third kappa shape index (κ3) is 2.85. The minimum Gasteiger partial charge on any atom is -0.289 e. The summed E-state index contributed by atoms with van der Waals surface area (Å²) < 4.78 is 0. The van der Waals surface area contributed by atoms with E-state index in [-0.39, 0.29) is 0 Å². The van der Waals surface area contributed by atoms with E-state index in [1.54, 1.807) is 6.08 Å². The van der Waals surface area contributed by atoms with Crippen LogP contribution in [0.1, 0.15) is 5.56 Å². The number of hydrogen-bond donors (Lipinski definition) is 0. The van der Waals surface area contributed by atoms with E-state index in [9.17, 15) is 4.79 Å². The van der Waals surface area contributed by atoms with Gasteiger partial charge < -0.3 is 0 Å². The summed E-state index contributed by atoms with van der Waals surface area (Å²) in [6.45, 7) is 0. The van der Waals surface area contributed by atoms with Gasteiger partial charge in [0.25, 0.3) is 0 Å². The molecular formula is C11H8O. The van der Waals surface area contributed by atoms with Crippen LogP contribution in [0.5, 0.6) is 0 Å². The fourth-order valence-electron chi connectivity index (χ4n) is 0.784. The zero-order chi connectivity index (χ0) is 8.65. The second kappa shape index (κ2) is 4.92. The Morgan fingerprint density at radius 2 is 1.83 bits per heavy atom. The average molecular weight is 156 g/mol. The summed E-state index contributed by atoms with van der Waals surface area (Å²) in [6.07, 6.45) is 4.09. The number of hydrogen-bond acceptors (Lipinski definition) is 1. The molecule has 1 heteroatoms. The molecular weight excluding hydrogens is 148 g/mol. The maximum absolute atomic E-state index is 9.81. The highest BCUT2D eigenvalue weighted by atomic mass is 16.1. The second-order valence-electron chi connectivity index (χ2n) is 2.15. The highest BCUT2D eigenvalue weighted by Crippen LogP contribution is 1.99. The third-order valence-electron chi connectivity index (χ3n) is 1.30. The Morgan fingerprint density at radius 1 is 1.08 bits per heavy atom. The number of benzene rings is 1. The molecule has 0 amide bonds. The predicted molar refractivity (Wildman–Crippen MR) is 49.3 cm³/mol. The maximum atomic E-state index is 9.81. The summed E-state index contributed by atoms with van der Waals surface area (Å²) in [5.74, 6) is 4.89. The van der Waals surface area contributed by atoms with E-state index >= 15 is 0 Å². The van der Waals surface area contributed by atoms with Crippen molar-refractivity contribution in [2.24, 2.45) is 0 Å². The van der Waals surface area contributed by atoms with Crippen molar-refractivity contribution in [2.75, 3.05) is 0 Å². The summed E-state index contributed by atoms with van der Waals surface area (Å²) in [5.41, 5.74) is 1.08. The van der Waals surface area contributed by atoms with E-state index in [2.05, 4.69) is 11.8 Å². The van der Waals surface area contributed by atoms with Gasteiger partial charge in [0.05, 0.1) is 0 Å². The average Bonchev–Trinajstić information content (AvgIpc) is 2.14. The van der Waals surface area contributed by atoms with Crippen molar-refractivity contribution >= 4 is 12.4 Å². The van der Waals surface area contributed by atoms with Gasteiger partial charge in [-0.3, -0.25) is 4.79 Å². The molecule has 0 saturated heterocycles. The molecule has 1 aromatic carbocycles. The van der Waals surface area contributed by atoms with E-state index in [0.717, 1.165) is 5.56 Å². The minimum absolute atomic E-state index is 0.579. The third-order valence-corrected chi connectivity index (χ3v) is 1.30. The number of allylic oxidation sites excluding steroid dienone is 1. The van der Waals surface area contributed by atoms with Gasteiger partial charge in [-0.25, -0.2) is 0 Å². The smallest absolute Gasteiger partial charge is 0.193 e. The van der Waals surface area contributed by atoms with Crippen molar-refractivity contribution < 1.29 is 4.79 Å². The molecule has 1 nitrogen and oxygen atoms in total. The van der Waals surface area contributed by atoms with Gasteiger partial charge in [-0.1, -0.05) is 36.3 Å². The molecule has 0 unspecified atom stereocenters. The van der Waals surface area contributed by atoms with Crippen molar-refractivity contribution in [3.05, 3.63) is 42.0 Å². The van der Waals surface area contributed by atoms with E-state index < -0.39 is 0 Å². The van der Waals surface area contributed by atoms with Crippen LogP contribution in [-0.4, -0.2) is 6.29 Å². The Labute approximate surface area is 71.7 Å². The largest absolute Gasteiger partial charge is 0.289 e. The number of aldehydes is 1. The molecule has 0 aliphatic rings. The fourth-order valence-corrected chi connectivity index (χ4v) is 0.784. The molecule has 0 atom stereocenters. The van der Waals surface area contributed by atoms with Crippen LogP contribution in [0.25, 0.3) is 6.08 Å². The first-order valence-corrected chi connectivity index (χ1v) is 3.60. The predicted octanol–water partition coefficient (Wildman–Crippen LogP) is 1.90. The van der Waals surface area contributed by atoms with Gasteiger partial charge in [0.1, 0.15) is 0 Å². The summed E-state index contributed by atoms with van der Waals surface area (Å²) in [7, 11) is 0. The van der Waals surface area contributed by atoms with Crippen molar-refractivity contribution in [3.8, 4) is 11.8 Å². The van der Waals surface area contributed by atoms with Crippen LogP contribution in [0.4, 0.5) is 0 Å². The lowest BCUT2D eigenvalue weighted by Crippen LogP contribution is -1.66. The molecule has 0 aromatic heterocycles.